The van der Waals surface area contributed by atoms with E-state index in [2.05, 4.69) is 26.0 Å². The van der Waals surface area contributed by atoms with Gasteiger partial charge in [0.15, 0.2) is 0 Å². The van der Waals surface area contributed by atoms with Gasteiger partial charge in [-0.3, -0.25) is 0 Å². The van der Waals surface area contributed by atoms with Crippen LogP contribution >= 0.6 is 0 Å². The quantitative estimate of drug-likeness (QED) is 0.237. The molecule has 0 atom stereocenters. The molecule has 0 bridgehead atoms. The molecule has 0 aromatic heterocycles. The molecule has 0 amide bonds. The van der Waals surface area contributed by atoms with Crippen molar-refractivity contribution in [3.63, 3.8) is 0 Å². The van der Waals surface area contributed by atoms with Crippen LogP contribution in [-0.4, -0.2) is 6.61 Å². The van der Waals surface area contributed by atoms with Gasteiger partial charge in [0.2, 0.25) is 0 Å². The lowest BCUT2D eigenvalue weighted by molar-refractivity contribution is 0.177. The average molecular weight is 467 g/mol. The number of aryl methyl sites for hydroxylation is 1. The minimum atomic E-state index is -0.199. The van der Waals surface area contributed by atoms with E-state index in [0.717, 1.165) is 30.9 Å². The highest BCUT2D eigenvalue weighted by Gasteiger charge is 2.21. The molecule has 0 N–H and O–H groups in total. The van der Waals surface area contributed by atoms with Gasteiger partial charge in [0.1, 0.15) is 11.6 Å². The first-order valence-electron chi connectivity index (χ1n) is 14.2. The van der Waals surface area contributed by atoms with Crippen molar-refractivity contribution in [2.75, 3.05) is 6.61 Å². The van der Waals surface area contributed by atoms with E-state index in [0.29, 0.717) is 17.2 Å². The van der Waals surface area contributed by atoms with Gasteiger partial charge in [-0.15, -0.1) is 0 Å². The minimum absolute atomic E-state index is 0.199. The maximum atomic E-state index is 14.8. The first kappa shape index (κ1) is 26.8. The summed E-state index contributed by atoms with van der Waals surface area (Å²) in [6, 6.07) is 13.6. The van der Waals surface area contributed by atoms with Gasteiger partial charge in [-0.1, -0.05) is 115 Å². The Morgan fingerprint density at radius 3 is 2.03 bits per heavy atom. The van der Waals surface area contributed by atoms with Crippen molar-refractivity contribution in [2.24, 2.45) is 11.8 Å². The van der Waals surface area contributed by atoms with Crippen molar-refractivity contribution in [2.45, 2.75) is 110 Å². The standard InChI is InChI=1S/C32H47FO/c1-3-5-6-7-8-9-10-11-13-27-14-16-28(17-15-27)25-34-30-22-23-31(32(33)24-30)29-20-18-26(12-4-2)19-21-29/h18-24,27-28H,3-17,25H2,1-2H3. The summed E-state index contributed by atoms with van der Waals surface area (Å²) in [6.45, 7) is 5.18. The summed E-state index contributed by atoms with van der Waals surface area (Å²) < 4.78 is 20.8. The van der Waals surface area contributed by atoms with Crippen molar-refractivity contribution in [3.05, 3.63) is 53.8 Å². The molecule has 0 radical (unpaired) electrons. The first-order chi connectivity index (χ1) is 16.7. The SMILES string of the molecule is CCCCCCCCCCC1CCC(COc2ccc(-c3ccc(CCC)cc3)c(F)c2)CC1. The minimum Gasteiger partial charge on any atom is -0.493 e. The maximum Gasteiger partial charge on any atom is 0.134 e. The van der Waals surface area contributed by atoms with Crippen LogP contribution < -0.4 is 4.74 Å². The molecule has 2 aromatic carbocycles. The Labute approximate surface area is 208 Å². The molecule has 1 aliphatic rings. The predicted octanol–water partition coefficient (Wildman–Crippen LogP) is 10.2. The molecule has 1 saturated carbocycles. The molecule has 0 heterocycles. The fourth-order valence-electron chi connectivity index (χ4n) is 5.43. The van der Waals surface area contributed by atoms with Crippen molar-refractivity contribution < 1.29 is 9.13 Å². The lowest BCUT2D eigenvalue weighted by Crippen LogP contribution is -2.20. The molecular formula is C32H47FO. The first-order valence-corrected chi connectivity index (χ1v) is 14.2. The number of rotatable bonds is 15. The summed E-state index contributed by atoms with van der Waals surface area (Å²) in [4.78, 5) is 0. The van der Waals surface area contributed by atoms with E-state index in [1.165, 1.54) is 89.0 Å². The van der Waals surface area contributed by atoms with Crippen LogP contribution in [0.3, 0.4) is 0 Å². The topological polar surface area (TPSA) is 9.23 Å². The highest BCUT2D eigenvalue weighted by Crippen LogP contribution is 2.33. The zero-order chi connectivity index (χ0) is 24.0. The van der Waals surface area contributed by atoms with Crippen LogP contribution in [-0.2, 0) is 6.42 Å². The second kappa shape index (κ2) is 15.2. The van der Waals surface area contributed by atoms with Crippen LogP contribution in [0.5, 0.6) is 5.75 Å². The molecule has 0 unspecified atom stereocenters. The maximum absolute atomic E-state index is 14.8. The molecule has 1 fully saturated rings. The zero-order valence-corrected chi connectivity index (χ0v) is 21.8. The summed E-state index contributed by atoms with van der Waals surface area (Å²) >= 11 is 0. The lowest BCUT2D eigenvalue weighted by Gasteiger charge is -2.28. The summed E-state index contributed by atoms with van der Waals surface area (Å²) in [5.41, 5.74) is 2.88. The van der Waals surface area contributed by atoms with Crippen molar-refractivity contribution in [1.82, 2.24) is 0 Å². The third kappa shape index (κ3) is 9.08. The van der Waals surface area contributed by atoms with Crippen LogP contribution in [0.2, 0.25) is 0 Å². The van der Waals surface area contributed by atoms with E-state index in [1.807, 2.05) is 24.3 Å². The van der Waals surface area contributed by atoms with E-state index >= 15 is 0 Å². The molecule has 1 nitrogen and oxygen atoms in total. The number of ether oxygens (including phenoxy) is 1. The van der Waals surface area contributed by atoms with Crippen molar-refractivity contribution in [3.8, 4) is 16.9 Å². The van der Waals surface area contributed by atoms with Gasteiger partial charge in [0, 0.05) is 11.6 Å². The zero-order valence-electron chi connectivity index (χ0n) is 21.8. The van der Waals surface area contributed by atoms with Gasteiger partial charge in [-0.2, -0.15) is 0 Å². The second-order valence-electron chi connectivity index (χ2n) is 10.5. The highest BCUT2D eigenvalue weighted by molar-refractivity contribution is 5.65. The van der Waals surface area contributed by atoms with Crippen molar-refractivity contribution in [1.29, 1.82) is 0 Å². The number of hydrogen-bond donors (Lipinski definition) is 0. The smallest absolute Gasteiger partial charge is 0.134 e. The average Bonchev–Trinajstić information content (AvgIpc) is 2.86. The molecule has 2 aromatic rings. The van der Waals surface area contributed by atoms with Gasteiger partial charge in [0.05, 0.1) is 6.61 Å². The molecule has 0 spiro atoms. The molecule has 0 saturated heterocycles. The van der Waals surface area contributed by atoms with E-state index < -0.39 is 0 Å². The number of hydrogen-bond acceptors (Lipinski definition) is 1. The molecule has 3 rings (SSSR count). The Balaban J connectivity index is 1.33. The monoisotopic (exact) mass is 466 g/mol. The lowest BCUT2D eigenvalue weighted by atomic mass is 9.80. The normalized spacial score (nSPS) is 18.2. The summed E-state index contributed by atoms with van der Waals surface area (Å²) in [5, 5.41) is 0. The van der Waals surface area contributed by atoms with E-state index in [1.54, 1.807) is 6.07 Å². The fourth-order valence-corrected chi connectivity index (χ4v) is 5.43. The Hall–Kier alpha value is -1.83. The molecule has 188 valence electrons. The van der Waals surface area contributed by atoms with Gasteiger partial charge < -0.3 is 4.74 Å². The van der Waals surface area contributed by atoms with Crippen LogP contribution in [0.1, 0.15) is 109 Å². The third-order valence-corrected chi connectivity index (χ3v) is 7.66. The summed E-state index contributed by atoms with van der Waals surface area (Å²) in [5.74, 6) is 1.99. The Kier molecular flexibility index (Phi) is 12.0. The molecule has 2 heteroatoms. The van der Waals surface area contributed by atoms with Gasteiger partial charge in [-0.05, 0) is 54.4 Å². The van der Waals surface area contributed by atoms with Crippen LogP contribution in [0, 0.1) is 17.7 Å². The summed E-state index contributed by atoms with van der Waals surface area (Å²) in [6.07, 6.45) is 20.1. The molecule has 34 heavy (non-hydrogen) atoms. The van der Waals surface area contributed by atoms with Crippen LogP contribution in [0.15, 0.2) is 42.5 Å². The van der Waals surface area contributed by atoms with E-state index in [9.17, 15) is 4.39 Å². The highest BCUT2D eigenvalue weighted by atomic mass is 19.1. The van der Waals surface area contributed by atoms with E-state index in [-0.39, 0.29) is 5.82 Å². The largest absolute Gasteiger partial charge is 0.493 e. The molecule has 0 aliphatic heterocycles. The molecule has 1 aliphatic carbocycles. The van der Waals surface area contributed by atoms with Crippen LogP contribution in [0.4, 0.5) is 4.39 Å². The van der Waals surface area contributed by atoms with Crippen molar-refractivity contribution >= 4 is 0 Å². The van der Waals surface area contributed by atoms with Gasteiger partial charge >= 0.3 is 0 Å². The number of benzene rings is 2. The number of unbranched alkanes of at least 4 members (excludes halogenated alkanes) is 7. The summed E-state index contributed by atoms with van der Waals surface area (Å²) in [7, 11) is 0. The van der Waals surface area contributed by atoms with E-state index in [4.69, 9.17) is 4.74 Å². The Bertz CT molecular complexity index is 804. The van der Waals surface area contributed by atoms with Crippen LogP contribution in [0.25, 0.3) is 11.1 Å². The third-order valence-electron chi connectivity index (χ3n) is 7.66. The second-order valence-corrected chi connectivity index (χ2v) is 10.5. The fraction of sp³-hybridized carbons (Fsp3) is 0.625. The van der Waals surface area contributed by atoms with Gasteiger partial charge in [0.25, 0.3) is 0 Å². The predicted molar refractivity (Wildman–Crippen MR) is 144 cm³/mol. The number of halogens is 1. The molecular weight excluding hydrogens is 419 g/mol. The van der Waals surface area contributed by atoms with Gasteiger partial charge in [-0.25, -0.2) is 4.39 Å². The Morgan fingerprint density at radius 2 is 1.38 bits per heavy atom. The Morgan fingerprint density at radius 1 is 0.735 bits per heavy atom.